The van der Waals surface area contributed by atoms with E-state index >= 15 is 0 Å². The molecule has 0 aromatic carbocycles. The van der Waals surface area contributed by atoms with E-state index in [1.807, 2.05) is 0 Å². The van der Waals surface area contributed by atoms with Gasteiger partial charge in [0.1, 0.15) is 5.67 Å². The molecule has 2 aliphatic rings. The molecule has 1 N–H and O–H groups in total. The van der Waals surface area contributed by atoms with E-state index in [1.165, 1.54) is 0 Å². The largest absolute Gasteiger partial charge is 0.339 e. The van der Waals surface area contributed by atoms with Crippen molar-refractivity contribution in [2.24, 2.45) is 5.92 Å². The van der Waals surface area contributed by atoms with Crippen molar-refractivity contribution in [3.63, 3.8) is 0 Å². The Balaban J connectivity index is 0.000000980. The molecular weight excluding hydrogens is 207 g/mol. The van der Waals surface area contributed by atoms with Crippen LogP contribution >= 0.6 is 12.4 Å². The van der Waals surface area contributed by atoms with E-state index < -0.39 is 5.67 Å². The number of nitrogens with zero attached hydrogens (tertiary/aromatic N) is 1. The Hall–Kier alpha value is -0.350. The zero-order valence-corrected chi connectivity index (χ0v) is 9.07. The molecule has 0 aromatic rings. The number of halogens is 2. The maximum atomic E-state index is 13.4. The van der Waals surface area contributed by atoms with Gasteiger partial charge in [-0.3, -0.25) is 4.79 Å². The molecular formula is C9H16ClFN2O. The maximum Gasteiger partial charge on any atom is 0.228 e. The highest BCUT2D eigenvalue weighted by Gasteiger charge is 2.39. The van der Waals surface area contributed by atoms with Gasteiger partial charge in [0.15, 0.2) is 0 Å². The van der Waals surface area contributed by atoms with Gasteiger partial charge in [0, 0.05) is 26.1 Å². The summed E-state index contributed by atoms with van der Waals surface area (Å²) in [5.74, 6) is 0.231. The number of likely N-dealkylation sites (tertiary alicyclic amines) is 1. The lowest BCUT2D eigenvalue weighted by atomic mass is 10.0. The monoisotopic (exact) mass is 222 g/mol. The van der Waals surface area contributed by atoms with Gasteiger partial charge in [-0.2, -0.15) is 0 Å². The Bertz CT molecular complexity index is 231. The Labute approximate surface area is 89.4 Å². The second-order valence-electron chi connectivity index (χ2n) is 4.28. The maximum absolute atomic E-state index is 13.4. The predicted molar refractivity (Wildman–Crippen MR) is 54.3 cm³/mol. The van der Waals surface area contributed by atoms with Crippen molar-refractivity contribution >= 4 is 18.3 Å². The summed E-state index contributed by atoms with van der Waals surface area (Å²) in [7, 11) is 0. The second kappa shape index (κ2) is 4.03. The number of hydrogen-bond acceptors (Lipinski definition) is 2. The zero-order chi connectivity index (χ0) is 9.47. The lowest BCUT2D eigenvalue weighted by Gasteiger charge is -2.30. The fourth-order valence-electron chi connectivity index (χ4n) is 1.83. The Kier molecular flexibility index (Phi) is 3.37. The van der Waals surface area contributed by atoms with E-state index in [4.69, 9.17) is 0 Å². The third-order valence-corrected chi connectivity index (χ3v) is 2.87. The van der Waals surface area contributed by atoms with Gasteiger partial charge in [0.25, 0.3) is 0 Å². The lowest BCUT2D eigenvalue weighted by Crippen LogP contribution is -2.51. The molecule has 2 fully saturated rings. The molecule has 0 radical (unpaired) electrons. The Morgan fingerprint density at radius 1 is 1.57 bits per heavy atom. The van der Waals surface area contributed by atoms with E-state index in [2.05, 4.69) is 5.32 Å². The van der Waals surface area contributed by atoms with E-state index in [1.54, 1.807) is 11.8 Å². The molecule has 3 nitrogen and oxygen atoms in total. The van der Waals surface area contributed by atoms with Crippen molar-refractivity contribution < 1.29 is 9.18 Å². The van der Waals surface area contributed by atoms with Crippen molar-refractivity contribution in [2.45, 2.75) is 19.0 Å². The van der Waals surface area contributed by atoms with Crippen molar-refractivity contribution in [2.75, 3.05) is 26.2 Å². The van der Waals surface area contributed by atoms with Gasteiger partial charge in [0.05, 0.1) is 12.5 Å². The minimum atomic E-state index is -1.16. The van der Waals surface area contributed by atoms with Gasteiger partial charge in [-0.15, -0.1) is 12.4 Å². The SMILES string of the molecule is CC1(F)CCN(C(=O)C2CNC2)C1.Cl. The molecule has 2 heterocycles. The van der Waals surface area contributed by atoms with Gasteiger partial charge >= 0.3 is 0 Å². The Morgan fingerprint density at radius 3 is 2.57 bits per heavy atom. The van der Waals surface area contributed by atoms with Crippen LogP contribution in [0.1, 0.15) is 13.3 Å². The van der Waals surface area contributed by atoms with Crippen LogP contribution in [0.15, 0.2) is 0 Å². The number of alkyl halides is 1. The molecule has 5 heteroatoms. The first-order valence-electron chi connectivity index (χ1n) is 4.77. The van der Waals surface area contributed by atoms with E-state index in [9.17, 15) is 9.18 Å². The van der Waals surface area contributed by atoms with Crippen LogP contribution in [0.3, 0.4) is 0 Å². The normalized spacial score (nSPS) is 32.3. The molecule has 0 saturated carbocycles. The average Bonchev–Trinajstić information content (AvgIpc) is 2.26. The number of nitrogens with one attached hydrogen (secondary N) is 1. The first kappa shape index (κ1) is 11.7. The molecule has 0 aliphatic carbocycles. The molecule has 1 unspecified atom stereocenters. The van der Waals surface area contributed by atoms with Crippen LogP contribution in [0.4, 0.5) is 4.39 Å². The third-order valence-electron chi connectivity index (χ3n) is 2.87. The standard InChI is InChI=1S/C9H15FN2O.ClH/c1-9(10)2-3-12(6-9)8(13)7-4-11-5-7;/h7,11H,2-6H2,1H3;1H. The first-order valence-corrected chi connectivity index (χ1v) is 4.77. The van der Waals surface area contributed by atoms with Gasteiger partial charge in [0.2, 0.25) is 5.91 Å². The van der Waals surface area contributed by atoms with Gasteiger partial charge in [-0.1, -0.05) is 0 Å². The highest BCUT2D eigenvalue weighted by molar-refractivity contribution is 5.85. The van der Waals surface area contributed by atoms with Crippen molar-refractivity contribution in [1.82, 2.24) is 10.2 Å². The summed E-state index contributed by atoms with van der Waals surface area (Å²) in [5.41, 5.74) is -1.16. The fourth-order valence-corrected chi connectivity index (χ4v) is 1.83. The third kappa shape index (κ3) is 2.17. The number of carbonyl (C=O) groups excluding carboxylic acids is 1. The molecule has 2 saturated heterocycles. The van der Waals surface area contributed by atoms with E-state index in [0.717, 1.165) is 13.1 Å². The van der Waals surface area contributed by atoms with Crippen molar-refractivity contribution in [3.8, 4) is 0 Å². The van der Waals surface area contributed by atoms with Crippen LogP contribution in [-0.4, -0.2) is 42.7 Å². The van der Waals surface area contributed by atoms with Crippen LogP contribution < -0.4 is 5.32 Å². The van der Waals surface area contributed by atoms with E-state index in [0.29, 0.717) is 13.0 Å². The van der Waals surface area contributed by atoms with Crippen LogP contribution in [0, 0.1) is 5.92 Å². The van der Waals surface area contributed by atoms with Gasteiger partial charge in [-0.25, -0.2) is 4.39 Å². The summed E-state index contributed by atoms with van der Waals surface area (Å²) >= 11 is 0. The number of amides is 1. The minimum absolute atomic E-state index is 0. The molecule has 2 rings (SSSR count). The summed E-state index contributed by atoms with van der Waals surface area (Å²) in [6.45, 7) is 3.96. The van der Waals surface area contributed by atoms with Crippen molar-refractivity contribution in [1.29, 1.82) is 0 Å². The Morgan fingerprint density at radius 2 is 2.21 bits per heavy atom. The topological polar surface area (TPSA) is 32.3 Å². The summed E-state index contributed by atoms with van der Waals surface area (Å²) in [6, 6.07) is 0. The molecule has 82 valence electrons. The molecule has 0 spiro atoms. The first-order chi connectivity index (χ1) is 6.08. The van der Waals surface area contributed by atoms with Crippen LogP contribution in [0.5, 0.6) is 0 Å². The van der Waals surface area contributed by atoms with Gasteiger partial charge < -0.3 is 10.2 Å². The molecule has 1 amide bonds. The number of carbonyl (C=O) groups is 1. The number of hydrogen-bond donors (Lipinski definition) is 1. The van der Waals surface area contributed by atoms with Crippen LogP contribution in [-0.2, 0) is 4.79 Å². The molecule has 2 aliphatic heterocycles. The van der Waals surface area contributed by atoms with Crippen LogP contribution in [0.2, 0.25) is 0 Å². The molecule has 0 bridgehead atoms. The van der Waals surface area contributed by atoms with Gasteiger partial charge in [-0.05, 0) is 6.92 Å². The number of rotatable bonds is 1. The smallest absolute Gasteiger partial charge is 0.228 e. The molecule has 1 atom stereocenters. The average molecular weight is 223 g/mol. The molecule has 14 heavy (non-hydrogen) atoms. The minimum Gasteiger partial charge on any atom is -0.339 e. The summed E-state index contributed by atoms with van der Waals surface area (Å²) < 4.78 is 13.4. The summed E-state index contributed by atoms with van der Waals surface area (Å²) in [6.07, 6.45) is 0.485. The van der Waals surface area contributed by atoms with E-state index in [-0.39, 0.29) is 30.8 Å². The highest BCUT2D eigenvalue weighted by Crippen LogP contribution is 2.26. The summed E-state index contributed by atoms with van der Waals surface area (Å²) in [5, 5.41) is 3.05. The second-order valence-corrected chi connectivity index (χ2v) is 4.28. The van der Waals surface area contributed by atoms with Crippen molar-refractivity contribution in [3.05, 3.63) is 0 Å². The highest BCUT2D eigenvalue weighted by atomic mass is 35.5. The summed E-state index contributed by atoms with van der Waals surface area (Å²) in [4.78, 5) is 13.3. The molecule has 0 aromatic heterocycles. The quantitative estimate of drug-likeness (QED) is 0.705. The fraction of sp³-hybridized carbons (Fsp3) is 0.889. The lowest BCUT2D eigenvalue weighted by molar-refractivity contribution is -0.136. The zero-order valence-electron chi connectivity index (χ0n) is 8.25. The van der Waals surface area contributed by atoms with Crippen LogP contribution in [0.25, 0.3) is 0 Å². The predicted octanol–water partition coefficient (Wildman–Crippen LogP) is 0.588.